The van der Waals surface area contributed by atoms with Crippen molar-refractivity contribution in [3.05, 3.63) is 30.1 Å². The largest absolute Gasteiger partial charge is 0.436 e. The van der Waals surface area contributed by atoms with E-state index >= 15 is 0 Å². The zero-order valence-corrected chi connectivity index (χ0v) is 19.7. The summed E-state index contributed by atoms with van der Waals surface area (Å²) in [6.45, 7) is 11.0. The van der Waals surface area contributed by atoms with Gasteiger partial charge in [0.05, 0.1) is 12.6 Å². The van der Waals surface area contributed by atoms with E-state index in [2.05, 4.69) is 43.6 Å². The van der Waals surface area contributed by atoms with Crippen molar-refractivity contribution in [3.63, 3.8) is 0 Å². The Balaban J connectivity index is 1.98. The van der Waals surface area contributed by atoms with Gasteiger partial charge in [0.1, 0.15) is 17.8 Å². The van der Waals surface area contributed by atoms with Crippen LogP contribution >= 0.6 is 11.8 Å². The molecule has 2 rings (SSSR count). The summed E-state index contributed by atoms with van der Waals surface area (Å²) in [5.41, 5.74) is 0. The molecule has 0 aliphatic heterocycles. The average molecular weight is 448 g/mol. The standard InChI is InChI=1S/C21H32F3NO2SSi/c1-20(2,3)29(4,5)26-12-18(14-28-13-16-6-7-16)25-15-21(23,24)27-19-10-8-17(22)9-11-19/h8-11,15-16,18H,6-7,12-14H2,1-5H3/t18-/m1/s1. The van der Waals surface area contributed by atoms with Gasteiger partial charge in [0.25, 0.3) is 0 Å². The first-order valence-corrected chi connectivity index (χ1v) is 14.0. The van der Waals surface area contributed by atoms with Gasteiger partial charge < -0.3 is 9.16 Å². The van der Waals surface area contributed by atoms with Gasteiger partial charge in [-0.1, -0.05) is 20.8 Å². The van der Waals surface area contributed by atoms with Crippen LogP contribution in [0.25, 0.3) is 0 Å². The second kappa shape index (κ2) is 9.88. The second-order valence-electron chi connectivity index (χ2n) is 9.10. The first-order chi connectivity index (χ1) is 13.4. The molecular weight excluding hydrogens is 415 g/mol. The highest BCUT2D eigenvalue weighted by molar-refractivity contribution is 7.99. The number of ether oxygens (including phenoxy) is 1. The molecule has 0 bridgehead atoms. The van der Waals surface area contributed by atoms with Crippen molar-refractivity contribution in [2.75, 3.05) is 18.1 Å². The number of thioether (sulfide) groups is 1. The number of benzene rings is 1. The summed E-state index contributed by atoms with van der Waals surface area (Å²) in [5.74, 6) is 1.81. The third kappa shape index (κ3) is 8.72. The molecule has 164 valence electrons. The van der Waals surface area contributed by atoms with Crippen molar-refractivity contribution < 1.29 is 22.3 Å². The lowest BCUT2D eigenvalue weighted by atomic mass is 10.2. The molecule has 0 amide bonds. The number of halogens is 3. The smallest absolute Gasteiger partial charge is 0.428 e. The molecule has 0 aromatic heterocycles. The lowest BCUT2D eigenvalue weighted by Crippen LogP contribution is -2.43. The molecule has 0 N–H and O–H groups in total. The maximum atomic E-state index is 14.2. The van der Waals surface area contributed by atoms with E-state index in [-0.39, 0.29) is 16.8 Å². The minimum atomic E-state index is -3.58. The quantitative estimate of drug-likeness (QED) is 0.290. The SMILES string of the molecule is CC(C)(C)[Si](C)(C)OC[C@H](CSCC1CC1)N=CC(F)(F)Oc1ccc(F)cc1. The van der Waals surface area contributed by atoms with E-state index < -0.39 is 20.2 Å². The van der Waals surface area contributed by atoms with E-state index in [4.69, 9.17) is 4.43 Å². The van der Waals surface area contributed by atoms with Gasteiger partial charge >= 0.3 is 6.11 Å². The summed E-state index contributed by atoms with van der Waals surface area (Å²) in [5, 5.41) is 0.0397. The lowest BCUT2D eigenvalue weighted by Gasteiger charge is -2.36. The van der Waals surface area contributed by atoms with E-state index in [0.29, 0.717) is 18.6 Å². The van der Waals surface area contributed by atoms with Gasteiger partial charge in [-0.15, -0.1) is 0 Å². The van der Waals surface area contributed by atoms with Gasteiger partial charge in [-0.2, -0.15) is 20.5 Å². The van der Waals surface area contributed by atoms with Crippen molar-refractivity contribution >= 4 is 26.3 Å². The van der Waals surface area contributed by atoms with Gasteiger partial charge in [0.15, 0.2) is 8.32 Å². The molecule has 29 heavy (non-hydrogen) atoms. The van der Waals surface area contributed by atoms with Gasteiger partial charge in [-0.25, -0.2) is 4.39 Å². The first kappa shape index (κ1) is 24.3. The van der Waals surface area contributed by atoms with Crippen molar-refractivity contribution in [1.29, 1.82) is 0 Å². The number of hydrogen-bond acceptors (Lipinski definition) is 4. The van der Waals surface area contributed by atoms with Gasteiger partial charge in [-0.3, -0.25) is 4.99 Å². The summed E-state index contributed by atoms with van der Waals surface area (Å²) < 4.78 is 52.2. The number of hydrogen-bond donors (Lipinski definition) is 0. The maximum Gasteiger partial charge on any atom is 0.436 e. The molecular formula is C21H32F3NO2SSi. The van der Waals surface area contributed by atoms with Crippen LogP contribution in [0.1, 0.15) is 33.6 Å². The molecule has 0 radical (unpaired) electrons. The van der Waals surface area contributed by atoms with Crippen LogP contribution < -0.4 is 4.74 Å². The Morgan fingerprint density at radius 2 is 1.83 bits per heavy atom. The zero-order valence-electron chi connectivity index (χ0n) is 17.9. The molecule has 1 atom stereocenters. The molecule has 3 nitrogen and oxygen atoms in total. The van der Waals surface area contributed by atoms with Crippen LogP contribution in [0.3, 0.4) is 0 Å². The number of alkyl halides is 2. The molecule has 1 aliphatic carbocycles. The monoisotopic (exact) mass is 447 g/mol. The molecule has 1 aliphatic rings. The number of rotatable bonds is 11. The molecule has 1 aromatic rings. The fraction of sp³-hybridized carbons (Fsp3) is 0.667. The van der Waals surface area contributed by atoms with Crippen molar-refractivity contribution in [3.8, 4) is 5.75 Å². The van der Waals surface area contributed by atoms with E-state index in [1.54, 1.807) is 11.8 Å². The molecule has 1 fully saturated rings. The predicted molar refractivity (Wildman–Crippen MR) is 117 cm³/mol. The minimum Gasteiger partial charge on any atom is -0.428 e. The predicted octanol–water partition coefficient (Wildman–Crippen LogP) is 6.40. The Kier molecular flexibility index (Phi) is 8.27. The fourth-order valence-electron chi connectivity index (χ4n) is 2.19. The van der Waals surface area contributed by atoms with Crippen molar-refractivity contribution in [1.82, 2.24) is 0 Å². The Bertz CT molecular complexity index is 673. The first-order valence-electron chi connectivity index (χ1n) is 9.96. The van der Waals surface area contributed by atoms with Gasteiger partial charge in [0, 0.05) is 5.75 Å². The van der Waals surface area contributed by atoms with Crippen LogP contribution in [-0.2, 0) is 4.43 Å². The molecule has 0 saturated heterocycles. The van der Waals surface area contributed by atoms with Gasteiger partial charge in [-0.05, 0) is 66.9 Å². The van der Waals surface area contributed by atoms with Crippen LogP contribution in [0.5, 0.6) is 5.75 Å². The van der Waals surface area contributed by atoms with E-state index in [9.17, 15) is 13.2 Å². The van der Waals surface area contributed by atoms with Crippen LogP contribution in [-0.4, -0.2) is 44.8 Å². The van der Waals surface area contributed by atoms with Crippen LogP contribution in [0.2, 0.25) is 18.1 Å². The summed E-state index contributed by atoms with van der Waals surface area (Å²) >= 11 is 1.74. The molecule has 0 unspecified atom stereocenters. The maximum absolute atomic E-state index is 14.2. The van der Waals surface area contributed by atoms with Gasteiger partial charge in [0.2, 0.25) is 0 Å². The van der Waals surface area contributed by atoms with E-state index in [1.165, 1.54) is 25.0 Å². The Morgan fingerprint density at radius 3 is 2.38 bits per heavy atom. The van der Waals surface area contributed by atoms with Crippen molar-refractivity contribution in [2.45, 2.75) is 63.9 Å². The Morgan fingerprint density at radius 1 is 1.21 bits per heavy atom. The minimum absolute atomic E-state index is 0.0397. The van der Waals surface area contributed by atoms with Crippen molar-refractivity contribution in [2.24, 2.45) is 10.9 Å². The zero-order chi connectivity index (χ0) is 21.7. The summed E-state index contributed by atoms with van der Waals surface area (Å²) in [6.07, 6.45) is -0.516. The molecule has 0 spiro atoms. The normalized spacial score (nSPS) is 17.0. The molecule has 8 heteroatoms. The second-order valence-corrected chi connectivity index (χ2v) is 15.0. The third-order valence-electron chi connectivity index (χ3n) is 5.31. The number of aliphatic imine (C=N–C) groups is 1. The lowest BCUT2D eigenvalue weighted by molar-refractivity contribution is -0.107. The molecule has 1 saturated carbocycles. The Hall–Kier alpha value is -0.993. The summed E-state index contributed by atoms with van der Waals surface area (Å²) in [7, 11) is -2.00. The highest BCUT2D eigenvalue weighted by atomic mass is 32.2. The summed E-state index contributed by atoms with van der Waals surface area (Å²) in [6, 6.07) is 4.12. The van der Waals surface area contributed by atoms with Crippen LogP contribution in [0.4, 0.5) is 13.2 Å². The third-order valence-corrected chi connectivity index (χ3v) is 11.1. The average Bonchev–Trinajstić information content (AvgIpc) is 3.42. The highest BCUT2D eigenvalue weighted by Gasteiger charge is 2.38. The molecule has 1 aromatic carbocycles. The van der Waals surface area contributed by atoms with E-state index in [0.717, 1.165) is 23.8 Å². The summed E-state index contributed by atoms with van der Waals surface area (Å²) in [4.78, 5) is 4.11. The highest BCUT2D eigenvalue weighted by Crippen LogP contribution is 2.37. The van der Waals surface area contributed by atoms with E-state index in [1.807, 2.05) is 0 Å². The van der Waals surface area contributed by atoms with Crippen LogP contribution in [0.15, 0.2) is 29.3 Å². The van der Waals surface area contributed by atoms with Crippen LogP contribution in [0, 0.1) is 11.7 Å². The molecule has 0 heterocycles. The Labute approximate surface area is 177 Å². The number of nitrogens with zero attached hydrogens (tertiary/aromatic N) is 1. The topological polar surface area (TPSA) is 30.8 Å². The fourth-order valence-corrected chi connectivity index (χ4v) is 4.49.